The maximum atomic E-state index is 13.2. The SMILES string of the molecule is N#CC1(NS(=O)(=O)c2cc(NC3CCC(OC(F)(F)F)C3)c3cnc(-c4nnc(C(F)F)s4)n3c2)CC1. The fraction of sp³-hybridized carbons (Fsp3) is 0.500. The van der Waals surface area contributed by atoms with Crippen LogP contribution in [0.3, 0.4) is 0 Å². The van der Waals surface area contributed by atoms with Crippen LogP contribution >= 0.6 is 11.3 Å². The number of nitrogens with zero attached hydrogens (tertiary/aromatic N) is 5. The number of pyridine rings is 1. The highest BCUT2D eigenvalue weighted by Crippen LogP contribution is 2.38. The van der Waals surface area contributed by atoms with Gasteiger partial charge in [0.15, 0.2) is 15.8 Å². The van der Waals surface area contributed by atoms with Gasteiger partial charge in [-0.3, -0.25) is 9.14 Å². The Hall–Kier alpha value is -2.94. The Bertz CT molecular complexity index is 1480. The Kier molecular flexibility index (Phi) is 6.33. The highest BCUT2D eigenvalue weighted by Gasteiger charge is 2.47. The second kappa shape index (κ2) is 9.11. The van der Waals surface area contributed by atoms with Gasteiger partial charge in [0.1, 0.15) is 10.4 Å². The standard InChI is InChI=1S/C20H18F5N7O3S2/c21-15(22)17-29-30-18(36-17)16-27-7-14-13(28-10-1-2-11(5-10)35-20(23,24)25)6-12(8-32(14)16)37(33,34)31-19(9-26)3-4-19/h6-8,10-11,15,28,31H,1-5H2. The average Bonchev–Trinajstić information content (AvgIpc) is 3.17. The van der Waals surface area contributed by atoms with Crippen LogP contribution in [0, 0.1) is 11.3 Å². The molecule has 198 valence electrons. The molecule has 0 radical (unpaired) electrons. The molecule has 2 saturated carbocycles. The van der Waals surface area contributed by atoms with Crippen molar-refractivity contribution < 1.29 is 35.1 Å². The molecule has 2 atom stereocenters. The maximum Gasteiger partial charge on any atom is 0.522 e. The minimum atomic E-state index is -4.77. The summed E-state index contributed by atoms with van der Waals surface area (Å²) in [6.45, 7) is 0. The largest absolute Gasteiger partial charge is 0.522 e. The highest BCUT2D eigenvalue weighted by molar-refractivity contribution is 7.89. The molecule has 3 aromatic rings. The zero-order valence-corrected chi connectivity index (χ0v) is 20.3. The van der Waals surface area contributed by atoms with Gasteiger partial charge in [0, 0.05) is 12.2 Å². The van der Waals surface area contributed by atoms with E-state index < -0.39 is 45.5 Å². The van der Waals surface area contributed by atoms with Gasteiger partial charge in [-0.25, -0.2) is 22.2 Å². The molecule has 0 spiro atoms. The smallest absolute Gasteiger partial charge is 0.380 e. The summed E-state index contributed by atoms with van der Waals surface area (Å²) in [6, 6.07) is 2.76. The molecule has 2 fully saturated rings. The quantitative estimate of drug-likeness (QED) is 0.393. The number of imidazole rings is 1. The first kappa shape index (κ1) is 25.7. The first-order chi connectivity index (χ1) is 17.4. The Morgan fingerprint density at radius 2 is 2.03 bits per heavy atom. The topological polar surface area (TPSA) is 134 Å². The number of hydrogen-bond acceptors (Lipinski definition) is 9. The Balaban J connectivity index is 1.53. The first-order valence-electron chi connectivity index (χ1n) is 11.0. The van der Waals surface area contributed by atoms with Crippen LogP contribution in [-0.2, 0) is 14.8 Å². The van der Waals surface area contributed by atoms with Crippen molar-refractivity contribution in [3.05, 3.63) is 23.5 Å². The van der Waals surface area contributed by atoms with Crippen molar-refractivity contribution in [1.82, 2.24) is 24.3 Å². The average molecular weight is 564 g/mol. The van der Waals surface area contributed by atoms with Gasteiger partial charge >= 0.3 is 6.36 Å². The van der Waals surface area contributed by atoms with Gasteiger partial charge in [0.05, 0.1) is 29.6 Å². The third-order valence-electron chi connectivity index (χ3n) is 6.08. The molecule has 2 aliphatic carbocycles. The van der Waals surface area contributed by atoms with E-state index in [4.69, 9.17) is 0 Å². The molecule has 0 amide bonds. The Morgan fingerprint density at radius 3 is 2.65 bits per heavy atom. The van der Waals surface area contributed by atoms with Gasteiger partial charge in [0.25, 0.3) is 6.43 Å². The number of sulfonamides is 1. The lowest BCUT2D eigenvalue weighted by molar-refractivity contribution is -0.341. The van der Waals surface area contributed by atoms with Crippen molar-refractivity contribution in [3.8, 4) is 16.9 Å². The van der Waals surface area contributed by atoms with Gasteiger partial charge < -0.3 is 5.32 Å². The maximum absolute atomic E-state index is 13.2. The van der Waals surface area contributed by atoms with Gasteiger partial charge in [-0.15, -0.1) is 23.4 Å². The number of rotatable bonds is 8. The molecule has 17 heteroatoms. The Morgan fingerprint density at radius 1 is 1.27 bits per heavy atom. The highest BCUT2D eigenvalue weighted by atomic mass is 32.2. The summed E-state index contributed by atoms with van der Waals surface area (Å²) in [5.74, 6) is 0.0469. The molecule has 2 unspecified atom stereocenters. The van der Waals surface area contributed by atoms with E-state index >= 15 is 0 Å². The van der Waals surface area contributed by atoms with E-state index in [2.05, 4.69) is 30.0 Å². The molecule has 0 saturated heterocycles. The molecule has 0 aliphatic heterocycles. The van der Waals surface area contributed by atoms with Crippen LogP contribution in [-0.4, -0.2) is 52.0 Å². The Labute approximate surface area is 210 Å². The molecule has 5 rings (SSSR count). The van der Waals surface area contributed by atoms with E-state index in [1.807, 2.05) is 6.07 Å². The van der Waals surface area contributed by atoms with E-state index in [1.165, 1.54) is 22.9 Å². The predicted molar refractivity (Wildman–Crippen MR) is 119 cm³/mol. The van der Waals surface area contributed by atoms with E-state index in [-0.39, 0.29) is 34.3 Å². The molecule has 10 nitrogen and oxygen atoms in total. The van der Waals surface area contributed by atoms with Crippen molar-refractivity contribution in [3.63, 3.8) is 0 Å². The van der Waals surface area contributed by atoms with Crippen LogP contribution in [0.1, 0.15) is 43.5 Å². The van der Waals surface area contributed by atoms with Crippen molar-refractivity contribution in [2.45, 2.75) is 67.5 Å². The number of fused-ring (bicyclic) bond motifs is 1. The zero-order valence-electron chi connectivity index (χ0n) is 18.7. The van der Waals surface area contributed by atoms with E-state index in [0.29, 0.717) is 36.1 Å². The first-order valence-corrected chi connectivity index (χ1v) is 13.3. The fourth-order valence-electron chi connectivity index (χ4n) is 4.17. The summed E-state index contributed by atoms with van der Waals surface area (Å²) in [6.07, 6.45) is -4.93. The summed E-state index contributed by atoms with van der Waals surface area (Å²) in [5.41, 5.74) is -0.637. The third-order valence-corrected chi connectivity index (χ3v) is 8.51. The molecule has 2 aliphatic rings. The molecule has 0 aromatic carbocycles. The van der Waals surface area contributed by atoms with E-state index in [9.17, 15) is 35.6 Å². The molecule has 3 aromatic heterocycles. The third kappa shape index (κ3) is 5.37. The van der Waals surface area contributed by atoms with Gasteiger partial charge in [-0.2, -0.15) is 9.98 Å². The normalized spacial score (nSPS) is 21.4. The number of anilines is 1. The number of nitriles is 1. The van der Waals surface area contributed by atoms with Crippen molar-refractivity contribution in [1.29, 1.82) is 5.26 Å². The number of nitrogens with one attached hydrogen (secondary N) is 2. The summed E-state index contributed by atoms with van der Waals surface area (Å²) in [5, 5.41) is 19.0. The number of alkyl halides is 5. The molecular weight excluding hydrogens is 545 g/mol. The summed E-state index contributed by atoms with van der Waals surface area (Å²) >= 11 is 0.588. The number of ether oxygens (including phenoxy) is 1. The van der Waals surface area contributed by atoms with Gasteiger partial charge in [-0.1, -0.05) is 11.3 Å². The van der Waals surface area contributed by atoms with Crippen LogP contribution in [0.25, 0.3) is 16.3 Å². The van der Waals surface area contributed by atoms with Crippen molar-refractivity contribution in [2.24, 2.45) is 0 Å². The summed E-state index contributed by atoms with van der Waals surface area (Å²) in [4.78, 5) is 3.95. The van der Waals surface area contributed by atoms with Gasteiger partial charge in [-0.05, 0) is 38.2 Å². The number of halogens is 5. The molecule has 37 heavy (non-hydrogen) atoms. The molecule has 0 bridgehead atoms. The van der Waals surface area contributed by atoms with Crippen molar-refractivity contribution >= 4 is 32.6 Å². The van der Waals surface area contributed by atoms with Crippen LogP contribution in [0.2, 0.25) is 0 Å². The van der Waals surface area contributed by atoms with E-state index in [0.717, 1.165) is 0 Å². The molecule has 3 heterocycles. The van der Waals surface area contributed by atoms with Crippen LogP contribution in [0.5, 0.6) is 0 Å². The van der Waals surface area contributed by atoms with Crippen LogP contribution in [0.4, 0.5) is 27.6 Å². The lowest BCUT2D eigenvalue weighted by atomic mass is 10.2. The lowest BCUT2D eigenvalue weighted by Crippen LogP contribution is -2.35. The minimum absolute atomic E-state index is 0.0129. The molecule has 2 N–H and O–H groups in total. The van der Waals surface area contributed by atoms with Gasteiger partial charge in [0.2, 0.25) is 10.0 Å². The monoisotopic (exact) mass is 563 g/mol. The predicted octanol–water partition coefficient (Wildman–Crippen LogP) is 3.99. The number of aromatic nitrogens is 4. The molecular formula is C20H18F5N7O3S2. The second-order valence-electron chi connectivity index (χ2n) is 8.81. The van der Waals surface area contributed by atoms with Crippen LogP contribution in [0.15, 0.2) is 23.4 Å². The lowest BCUT2D eigenvalue weighted by Gasteiger charge is -2.18. The van der Waals surface area contributed by atoms with Crippen LogP contribution < -0.4 is 10.0 Å². The van der Waals surface area contributed by atoms with E-state index in [1.54, 1.807) is 0 Å². The summed E-state index contributed by atoms with van der Waals surface area (Å²) in [7, 11) is -4.22. The minimum Gasteiger partial charge on any atom is -0.380 e. The fourth-order valence-corrected chi connectivity index (χ4v) is 6.26. The second-order valence-corrected chi connectivity index (χ2v) is 11.5. The van der Waals surface area contributed by atoms with Crippen molar-refractivity contribution in [2.75, 3.05) is 5.32 Å². The summed E-state index contributed by atoms with van der Waals surface area (Å²) < 4.78 is 98.2. The number of hydrogen-bond donors (Lipinski definition) is 2. The zero-order chi connectivity index (χ0) is 26.6.